The lowest BCUT2D eigenvalue weighted by atomic mass is 10.0. The largest absolute Gasteiger partial charge is 0.486 e. The Balaban J connectivity index is 2.20. The average Bonchev–Trinajstić information content (AvgIpc) is 2.44. The number of amides is 1. The number of hydrogen-bond donors (Lipinski definition) is 1. The van der Waals surface area contributed by atoms with Crippen molar-refractivity contribution in [2.75, 3.05) is 13.2 Å². The van der Waals surface area contributed by atoms with E-state index in [1.165, 1.54) is 6.08 Å². The molecule has 4 nitrogen and oxygen atoms in total. The Morgan fingerprint density at radius 1 is 1.44 bits per heavy atom. The fourth-order valence-electron chi connectivity index (χ4n) is 1.93. The van der Waals surface area contributed by atoms with Gasteiger partial charge in [0.05, 0.1) is 6.04 Å². The van der Waals surface area contributed by atoms with E-state index in [1.807, 2.05) is 25.1 Å². The van der Waals surface area contributed by atoms with Gasteiger partial charge in [-0.15, -0.1) is 0 Å². The van der Waals surface area contributed by atoms with Crippen LogP contribution in [0.15, 0.2) is 30.9 Å². The first-order valence-electron chi connectivity index (χ1n) is 6.07. The molecule has 0 saturated heterocycles. The SMILES string of the molecule is C=CC(=O)NC(CC)c1ccc2c(c1)OCCO2. The highest BCUT2D eigenvalue weighted by Gasteiger charge is 2.16. The third-order valence-corrected chi connectivity index (χ3v) is 2.88. The molecule has 0 bridgehead atoms. The van der Waals surface area contributed by atoms with Crippen LogP contribution >= 0.6 is 0 Å². The highest BCUT2D eigenvalue weighted by atomic mass is 16.6. The van der Waals surface area contributed by atoms with E-state index in [4.69, 9.17) is 9.47 Å². The lowest BCUT2D eigenvalue weighted by Crippen LogP contribution is -2.26. The minimum Gasteiger partial charge on any atom is -0.486 e. The molecular formula is C14H17NO3. The molecule has 18 heavy (non-hydrogen) atoms. The Morgan fingerprint density at radius 2 is 2.17 bits per heavy atom. The van der Waals surface area contributed by atoms with E-state index in [9.17, 15) is 4.79 Å². The third kappa shape index (κ3) is 2.64. The van der Waals surface area contributed by atoms with Crippen LogP contribution < -0.4 is 14.8 Å². The molecule has 1 amide bonds. The number of carbonyl (C=O) groups is 1. The van der Waals surface area contributed by atoms with Gasteiger partial charge in [-0.3, -0.25) is 4.79 Å². The standard InChI is InChI=1S/C14H17NO3/c1-3-11(15-14(16)4-2)10-5-6-12-13(9-10)18-8-7-17-12/h4-6,9,11H,2-3,7-8H2,1H3,(H,15,16). The number of benzene rings is 1. The molecule has 1 aromatic carbocycles. The highest BCUT2D eigenvalue weighted by Crippen LogP contribution is 2.33. The molecular weight excluding hydrogens is 230 g/mol. The number of carbonyl (C=O) groups excluding carboxylic acids is 1. The molecule has 1 N–H and O–H groups in total. The topological polar surface area (TPSA) is 47.6 Å². The van der Waals surface area contributed by atoms with Crippen LogP contribution in [0.25, 0.3) is 0 Å². The molecule has 0 aliphatic carbocycles. The summed E-state index contributed by atoms with van der Waals surface area (Å²) < 4.78 is 11.0. The van der Waals surface area contributed by atoms with Crippen LogP contribution in [0.4, 0.5) is 0 Å². The van der Waals surface area contributed by atoms with Crippen LogP contribution in [0.2, 0.25) is 0 Å². The van der Waals surface area contributed by atoms with Gasteiger partial charge in [-0.2, -0.15) is 0 Å². The lowest BCUT2D eigenvalue weighted by Gasteiger charge is -2.22. The molecule has 4 heteroatoms. The van der Waals surface area contributed by atoms with E-state index in [-0.39, 0.29) is 11.9 Å². The zero-order valence-corrected chi connectivity index (χ0v) is 10.4. The first-order valence-corrected chi connectivity index (χ1v) is 6.07. The van der Waals surface area contributed by atoms with Crippen LogP contribution in [0.5, 0.6) is 11.5 Å². The summed E-state index contributed by atoms with van der Waals surface area (Å²) in [5.74, 6) is 1.33. The van der Waals surface area contributed by atoms with Gasteiger partial charge in [-0.25, -0.2) is 0 Å². The Labute approximate surface area is 107 Å². The molecule has 1 heterocycles. The molecule has 0 fully saturated rings. The van der Waals surface area contributed by atoms with Gasteiger partial charge >= 0.3 is 0 Å². The molecule has 0 radical (unpaired) electrons. The summed E-state index contributed by atoms with van der Waals surface area (Å²) in [6.45, 7) is 6.62. The van der Waals surface area contributed by atoms with Gasteiger partial charge in [-0.05, 0) is 30.2 Å². The second kappa shape index (κ2) is 5.58. The van der Waals surface area contributed by atoms with Crippen molar-refractivity contribution in [2.24, 2.45) is 0 Å². The Hall–Kier alpha value is -1.97. The minimum absolute atomic E-state index is 0.0358. The molecule has 2 rings (SSSR count). The molecule has 96 valence electrons. The van der Waals surface area contributed by atoms with Crippen molar-refractivity contribution in [2.45, 2.75) is 19.4 Å². The maximum Gasteiger partial charge on any atom is 0.243 e. The molecule has 1 aromatic rings. The second-order valence-electron chi connectivity index (χ2n) is 4.08. The first kappa shape index (κ1) is 12.5. The third-order valence-electron chi connectivity index (χ3n) is 2.88. The number of ether oxygens (including phenoxy) is 2. The second-order valence-corrected chi connectivity index (χ2v) is 4.08. The predicted octanol–water partition coefficient (Wildman–Crippen LogP) is 2.21. The minimum atomic E-state index is -0.170. The van der Waals surface area contributed by atoms with Crippen molar-refractivity contribution in [1.29, 1.82) is 0 Å². The molecule has 0 saturated carbocycles. The molecule has 1 aliphatic heterocycles. The summed E-state index contributed by atoms with van der Waals surface area (Å²) in [5.41, 5.74) is 1.01. The number of nitrogens with one attached hydrogen (secondary N) is 1. The maximum atomic E-state index is 11.4. The van der Waals surface area contributed by atoms with Gasteiger partial charge in [0, 0.05) is 0 Å². The van der Waals surface area contributed by atoms with E-state index < -0.39 is 0 Å². The van der Waals surface area contributed by atoms with E-state index in [1.54, 1.807) is 0 Å². The fraction of sp³-hybridized carbons (Fsp3) is 0.357. The van der Waals surface area contributed by atoms with Gasteiger partial charge in [0.15, 0.2) is 11.5 Å². The zero-order valence-electron chi connectivity index (χ0n) is 10.4. The van der Waals surface area contributed by atoms with Gasteiger partial charge in [0.1, 0.15) is 13.2 Å². The Kier molecular flexibility index (Phi) is 3.87. The van der Waals surface area contributed by atoms with Crippen molar-refractivity contribution in [3.63, 3.8) is 0 Å². The monoisotopic (exact) mass is 247 g/mol. The summed E-state index contributed by atoms with van der Waals surface area (Å²) >= 11 is 0. The van der Waals surface area contributed by atoms with Crippen LogP contribution in [-0.2, 0) is 4.79 Å². The van der Waals surface area contributed by atoms with Gasteiger partial charge in [0.2, 0.25) is 5.91 Å². The molecule has 1 atom stereocenters. The van der Waals surface area contributed by atoms with Gasteiger partial charge in [-0.1, -0.05) is 19.6 Å². The number of hydrogen-bond acceptors (Lipinski definition) is 3. The maximum absolute atomic E-state index is 11.4. The number of fused-ring (bicyclic) bond motifs is 1. The highest BCUT2D eigenvalue weighted by molar-refractivity contribution is 5.87. The predicted molar refractivity (Wildman–Crippen MR) is 68.8 cm³/mol. The van der Waals surface area contributed by atoms with Crippen molar-refractivity contribution < 1.29 is 14.3 Å². The Morgan fingerprint density at radius 3 is 2.83 bits per heavy atom. The molecule has 0 aromatic heterocycles. The smallest absolute Gasteiger partial charge is 0.243 e. The summed E-state index contributed by atoms with van der Waals surface area (Å²) in [6.07, 6.45) is 2.08. The first-order chi connectivity index (χ1) is 8.74. The number of rotatable bonds is 4. The average molecular weight is 247 g/mol. The van der Waals surface area contributed by atoms with Crippen molar-refractivity contribution in [3.8, 4) is 11.5 Å². The van der Waals surface area contributed by atoms with Crippen LogP contribution in [0.1, 0.15) is 24.9 Å². The molecule has 1 unspecified atom stereocenters. The summed E-state index contributed by atoms with van der Waals surface area (Å²) in [6, 6.07) is 5.72. The summed E-state index contributed by atoms with van der Waals surface area (Å²) in [4.78, 5) is 11.4. The van der Waals surface area contributed by atoms with E-state index in [2.05, 4.69) is 11.9 Å². The summed E-state index contributed by atoms with van der Waals surface area (Å²) in [5, 5.41) is 2.89. The van der Waals surface area contributed by atoms with Crippen molar-refractivity contribution in [1.82, 2.24) is 5.32 Å². The zero-order chi connectivity index (χ0) is 13.0. The van der Waals surface area contributed by atoms with E-state index in [0.29, 0.717) is 13.2 Å². The molecule has 0 spiro atoms. The van der Waals surface area contributed by atoms with Crippen LogP contribution in [0, 0.1) is 0 Å². The van der Waals surface area contributed by atoms with Crippen LogP contribution in [0.3, 0.4) is 0 Å². The van der Waals surface area contributed by atoms with Gasteiger partial charge in [0.25, 0.3) is 0 Å². The van der Waals surface area contributed by atoms with Crippen molar-refractivity contribution >= 4 is 5.91 Å². The normalized spacial score (nSPS) is 14.7. The Bertz CT molecular complexity index is 456. The molecule has 1 aliphatic rings. The van der Waals surface area contributed by atoms with Crippen LogP contribution in [-0.4, -0.2) is 19.1 Å². The van der Waals surface area contributed by atoms with Crippen molar-refractivity contribution in [3.05, 3.63) is 36.4 Å². The van der Waals surface area contributed by atoms with Gasteiger partial charge < -0.3 is 14.8 Å². The fourth-order valence-corrected chi connectivity index (χ4v) is 1.93. The summed E-state index contributed by atoms with van der Waals surface area (Å²) in [7, 11) is 0. The lowest BCUT2D eigenvalue weighted by molar-refractivity contribution is -0.117. The van der Waals surface area contributed by atoms with E-state index in [0.717, 1.165) is 23.5 Å². The van der Waals surface area contributed by atoms with E-state index >= 15 is 0 Å². The quantitative estimate of drug-likeness (QED) is 0.830.